The minimum Gasteiger partial charge on any atom is -0.477 e. The molecule has 1 aliphatic rings. The summed E-state index contributed by atoms with van der Waals surface area (Å²) < 4.78 is 19.5. The van der Waals surface area contributed by atoms with Gasteiger partial charge in [0.1, 0.15) is 11.6 Å². The maximum atomic E-state index is 13.9. The van der Waals surface area contributed by atoms with Gasteiger partial charge in [-0.15, -0.1) is 0 Å². The van der Waals surface area contributed by atoms with E-state index in [2.05, 4.69) is 5.32 Å². The zero-order chi connectivity index (χ0) is 18.7. The molecule has 0 saturated heterocycles. The van der Waals surface area contributed by atoms with Gasteiger partial charge in [0.15, 0.2) is 6.10 Å². The molecule has 0 fully saturated rings. The summed E-state index contributed by atoms with van der Waals surface area (Å²) in [7, 11) is 1.50. The van der Waals surface area contributed by atoms with Crippen molar-refractivity contribution in [2.75, 3.05) is 18.5 Å². The Bertz CT molecular complexity index is 865. The summed E-state index contributed by atoms with van der Waals surface area (Å²) in [5.41, 5.74) is 0.675. The first-order chi connectivity index (χ1) is 12.5. The van der Waals surface area contributed by atoms with Crippen molar-refractivity contribution in [3.05, 3.63) is 64.9 Å². The number of nitrogens with zero attached hydrogens (tertiary/aromatic N) is 1. The van der Waals surface area contributed by atoms with Crippen molar-refractivity contribution in [3.8, 4) is 5.75 Å². The fourth-order valence-electron chi connectivity index (χ4n) is 2.66. The van der Waals surface area contributed by atoms with Crippen molar-refractivity contribution < 1.29 is 18.7 Å². The van der Waals surface area contributed by atoms with Crippen molar-refractivity contribution in [1.29, 1.82) is 0 Å². The van der Waals surface area contributed by atoms with E-state index in [1.54, 1.807) is 30.3 Å². The molecule has 3 rings (SSSR count). The number of hydrogen-bond acceptors (Lipinski definition) is 3. The molecule has 0 radical (unpaired) electrons. The second kappa shape index (κ2) is 7.58. The van der Waals surface area contributed by atoms with Crippen LogP contribution in [0.25, 0.3) is 6.08 Å². The highest BCUT2D eigenvalue weighted by atomic mass is 35.5. The average molecular weight is 375 g/mol. The van der Waals surface area contributed by atoms with Crippen LogP contribution in [-0.2, 0) is 9.59 Å². The monoisotopic (exact) mass is 374 g/mol. The van der Waals surface area contributed by atoms with Gasteiger partial charge in [0.05, 0.1) is 17.3 Å². The molecule has 26 heavy (non-hydrogen) atoms. The van der Waals surface area contributed by atoms with Gasteiger partial charge >= 0.3 is 0 Å². The molecule has 2 amide bonds. The molecule has 0 aromatic heterocycles. The SMILES string of the molecule is CNC(=O)C1CN(C(=O)/C=C/c2c(F)cccc2Cl)c2ccccc2O1. The fourth-order valence-corrected chi connectivity index (χ4v) is 2.88. The van der Waals surface area contributed by atoms with Crippen LogP contribution in [0.15, 0.2) is 48.5 Å². The molecule has 0 aliphatic carbocycles. The number of carbonyl (C=O) groups is 2. The number of halogens is 2. The van der Waals surface area contributed by atoms with E-state index in [-0.39, 0.29) is 23.0 Å². The van der Waals surface area contributed by atoms with Crippen molar-refractivity contribution in [3.63, 3.8) is 0 Å². The highest BCUT2D eigenvalue weighted by Crippen LogP contribution is 2.33. The summed E-state index contributed by atoms with van der Waals surface area (Å²) in [6, 6.07) is 11.2. The number of fused-ring (bicyclic) bond motifs is 1. The highest BCUT2D eigenvalue weighted by molar-refractivity contribution is 6.32. The van der Waals surface area contributed by atoms with Crippen molar-refractivity contribution in [1.82, 2.24) is 5.32 Å². The van der Waals surface area contributed by atoms with E-state index >= 15 is 0 Å². The molecule has 0 bridgehead atoms. The highest BCUT2D eigenvalue weighted by Gasteiger charge is 2.32. The summed E-state index contributed by atoms with van der Waals surface area (Å²) in [6.45, 7) is 0.0465. The van der Waals surface area contributed by atoms with Gasteiger partial charge in [0.2, 0.25) is 0 Å². The lowest BCUT2D eigenvalue weighted by atomic mass is 10.1. The summed E-state index contributed by atoms with van der Waals surface area (Å²) in [5, 5.41) is 2.72. The molecular formula is C19H16ClFN2O3. The Morgan fingerprint density at radius 3 is 2.77 bits per heavy atom. The van der Waals surface area contributed by atoms with Crippen LogP contribution in [0, 0.1) is 5.82 Å². The van der Waals surface area contributed by atoms with Gasteiger partial charge in [-0.05, 0) is 30.3 Å². The topological polar surface area (TPSA) is 58.6 Å². The van der Waals surface area contributed by atoms with Crippen LogP contribution in [0.5, 0.6) is 5.75 Å². The number of nitrogens with one attached hydrogen (secondary N) is 1. The van der Waals surface area contributed by atoms with Gasteiger partial charge in [0.25, 0.3) is 11.8 Å². The van der Waals surface area contributed by atoms with E-state index in [0.29, 0.717) is 11.4 Å². The summed E-state index contributed by atoms with van der Waals surface area (Å²) >= 11 is 5.97. The molecule has 5 nitrogen and oxygen atoms in total. The quantitative estimate of drug-likeness (QED) is 0.840. The molecule has 1 heterocycles. The third-order valence-electron chi connectivity index (χ3n) is 3.97. The lowest BCUT2D eigenvalue weighted by Gasteiger charge is -2.33. The Morgan fingerprint density at radius 1 is 1.27 bits per heavy atom. The van der Waals surface area contributed by atoms with Crippen molar-refractivity contribution >= 4 is 35.2 Å². The van der Waals surface area contributed by atoms with E-state index in [9.17, 15) is 14.0 Å². The molecule has 2 aromatic carbocycles. The molecule has 134 valence electrons. The van der Waals surface area contributed by atoms with Crippen LogP contribution in [0.4, 0.5) is 10.1 Å². The number of anilines is 1. The molecule has 1 N–H and O–H groups in total. The number of para-hydroxylation sites is 2. The Labute approximate surface area is 155 Å². The van der Waals surface area contributed by atoms with Crippen LogP contribution in [0.1, 0.15) is 5.56 Å². The number of rotatable bonds is 3. The van der Waals surface area contributed by atoms with Crippen LogP contribution in [-0.4, -0.2) is 31.5 Å². The molecule has 0 saturated carbocycles. The van der Waals surface area contributed by atoms with Crippen LogP contribution < -0.4 is 15.0 Å². The zero-order valence-corrected chi connectivity index (χ0v) is 14.7. The molecule has 7 heteroatoms. The fraction of sp³-hybridized carbons (Fsp3) is 0.158. The second-order valence-corrected chi connectivity index (χ2v) is 6.01. The molecule has 1 atom stereocenters. The van der Waals surface area contributed by atoms with E-state index in [1.807, 2.05) is 0 Å². The summed E-state index contributed by atoms with van der Waals surface area (Å²) in [6.07, 6.45) is 1.73. The van der Waals surface area contributed by atoms with E-state index in [1.165, 1.54) is 36.2 Å². The summed E-state index contributed by atoms with van der Waals surface area (Å²) in [5.74, 6) is -0.836. The molecule has 1 unspecified atom stereocenters. The maximum Gasteiger partial charge on any atom is 0.262 e. The van der Waals surface area contributed by atoms with Crippen molar-refractivity contribution in [2.24, 2.45) is 0 Å². The Balaban J connectivity index is 1.90. The van der Waals surface area contributed by atoms with Crippen LogP contribution in [0.3, 0.4) is 0 Å². The van der Waals surface area contributed by atoms with Gasteiger partial charge in [-0.3, -0.25) is 9.59 Å². The maximum absolute atomic E-state index is 13.9. The Hall–Kier alpha value is -2.86. The van der Waals surface area contributed by atoms with Gasteiger partial charge in [-0.2, -0.15) is 0 Å². The van der Waals surface area contributed by atoms with Crippen molar-refractivity contribution in [2.45, 2.75) is 6.10 Å². The number of ether oxygens (including phenoxy) is 1. The number of amides is 2. The smallest absolute Gasteiger partial charge is 0.262 e. The number of likely N-dealkylation sites (N-methyl/N-ethyl adjacent to an activating group) is 1. The third kappa shape index (κ3) is 3.55. The van der Waals surface area contributed by atoms with Gasteiger partial charge < -0.3 is 15.0 Å². The normalized spacial score (nSPS) is 16.1. The largest absolute Gasteiger partial charge is 0.477 e. The van der Waals surface area contributed by atoms with E-state index < -0.39 is 17.8 Å². The minimum absolute atomic E-state index is 0.0465. The molecule has 2 aromatic rings. The van der Waals surface area contributed by atoms with E-state index in [4.69, 9.17) is 16.3 Å². The number of carbonyl (C=O) groups excluding carboxylic acids is 2. The first-order valence-corrected chi connectivity index (χ1v) is 8.30. The van der Waals surface area contributed by atoms with Gasteiger partial charge in [-0.1, -0.05) is 29.8 Å². The summed E-state index contributed by atoms with van der Waals surface area (Å²) in [4.78, 5) is 26.1. The molecular weight excluding hydrogens is 359 g/mol. The number of hydrogen-bond donors (Lipinski definition) is 1. The second-order valence-electron chi connectivity index (χ2n) is 5.61. The standard InChI is InChI=1S/C19H16ClFN2O3/c1-22-19(25)17-11-23(15-7-2-3-8-16(15)26-17)18(24)10-9-12-13(20)5-4-6-14(12)21/h2-10,17H,11H2,1H3,(H,22,25)/b10-9+. The van der Waals surface area contributed by atoms with E-state index in [0.717, 1.165) is 0 Å². The first-order valence-electron chi connectivity index (χ1n) is 7.92. The lowest BCUT2D eigenvalue weighted by Crippen LogP contribution is -2.49. The lowest BCUT2D eigenvalue weighted by molar-refractivity contribution is -0.127. The predicted molar refractivity (Wildman–Crippen MR) is 97.7 cm³/mol. The molecule has 1 aliphatic heterocycles. The average Bonchev–Trinajstić information content (AvgIpc) is 2.65. The predicted octanol–water partition coefficient (Wildman–Crippen LogP) is 3.03. The Kier molecular flexibility index (Phi) is 5.23. The first kappa shape index (κ1) is 17.9. The Morgan fingerprint density at radius 2 is 2.04 bits per heavy atom. The van der Waals surface area contributed by atoms with Gasteiger partial charge in [0, 0.05) is 18.7 Å². The molecule has 0 spiro atoms. The zero-order valence-electron chi connectivity index (χ0n) is 13.9. The van der Waals surface area contributed by atoms with Crippen LogP contribution >= 0.6 is 11.6 Å². The number of benzene rings is 2. The van der Waals surface area contributed by atoms with Crippen LogP contribution in [0.2, 0.25) is 5.02 Å². The van der Waals surface area contributed by atoms with Gasteiger partial charge in [-0.25, -0.2) is 4.39 Å². The minimum atomic E-state index is -0.829. The third-order valence-corrected chi connectivity index (χ3v) is 4.30.